The molecule has 0 bridgehead atoms. The largest absolute Gasteiger partial charge is 0.372 e. The van der Waals surface area contributed by atoms with Gasteiger partial charge in [-0.1, -0.05) is 77.6 Å². The fourth-order valence-corrected chi connectivity index (χ4v) is 5.88. The summed E-state index contributed by atoms with van der Waals surface area (Å²) < 4.78 is 0. The number of carbonyl (C=O) groups is 2. The van der Waals surface area contributed by atoms with Crippen LogP contribution in [0.15, 0.2) is 48.5 Å². The van der Waals surface area contributed by atoms with Crippen LogP contribution in [-0.2, 0) is 11.3 Å². The molecule has 2 aliphatic rings. The minimum Gasteiger partial charge on any atom is -0.372 e. The number of fused-ring (bicyclic) bond motifs is 1. The van der Waals surface area contributed by atoms with Crippen LogP contribution in [-0.4, -0.2) is 38.2 Å². The van der Waals surface area contributed by atoms with E-state index in [1.807, 2.05) is 24.3 Å². The van der Waals surface area contributed by atoms with E-state index in [-0.39, 0.29) is 12.1 Å². The number of benzene rings is 2. The topological polar surface area (TPSA) is 88.7 Å². The number of hydrogen-bond donors (Lipinski definition) is 4. The number of unbranched alkanes of at least 4 members (excludes halogenated alkanes) is 4. The second kappa shape index (κ2) is 13.3. The van der Waals surface area contributed by atoms with Crippen molar-refractivity contribution in [1.29, 1.82) is 0 Å². The lowest BCUT2D eigenvalue weighted by Gasteiger charge is -2.38. The lowest BCUT2D eigenvalue weighted by molar-refractivity contribution is 0.208. The van der Waals surface area contributed by atoms with E-state index in [2.05, 4.69) is 83.0 Å². The van der Waals surface area contributed by atoms with Gasteiger partial charge in [0.2, 0.25) is 0 Å². The Hall–Kier alpha value is -3.42. The molecule has 2 fully saturated rings. The average Bonchev–Trinajstić information content (AvgIpc) is 3.40. The van der Waals surface area contributed by atoms with Crippen molar-refractivity contribution in [2.24, 2.45) is 0 Å². The van der Waals surface area contributed by atoms with Crippen LogP contribution in [0, 0.1) is 0 Å². The Morgan fingerprint density at radius 3 is 1.02 bits per heavy atom. The van der Waals surface area contributed by atoms with E-state index in [9.17, 15) is 9.59 Å². The van der Waals surface area contributed by atoms with Crippen molar-refractivity contribution in [1.82, 2.24) is 21.3 Å². The summed E-state index contributed by atoms with van der Waals surface area (Å²) in [5.41, 5.74) is 1.62. The van der Waals surface area contributed by atoms with Crippen LogP contribution in [0.4, 0.5) is 21.0 Å². The molecule has 0 unspecified atom stereocenters. The summed E-state index contributed by atoms with van der Waals surface area (Å²) in [5, 5.41) is 12.2. The molecule has 4 rings (SSSR count). The molecule has 0 aromatic heterocycles. The SMILES string of the molecule is CCCCN(CCCC)c1ccc(C23NC(=O)NC2(c2ccc(N(CCCC)CCCC)cc2)NC(=O)N3)cc1. The molecule has 218 valence electrons. The predicted octanol–water partition coefficient (Wildman–Crippen LogP) is 6.13. The van der Waals surface area contributed by atoms with Gasteiger partial charge in [0.1, 0.15) is 0 Å². The minimum absolute atomic E-state index is 0.333. The molecule has 40 heavy (non-hydrogen) atoms. The average molecular weight is 549 g/mol. The highest BCUT2D eigenvalue weighted by molar-refractivity contribution is 5.89. The number of amides is 4. The molecule has 0 radical (unpaired) electrons. The lowest BCUT2D eigenvalue weighted by Crippen LogP contribution is -2.60. The smallest absolute Gasteiger partial charge is 0.319 e. The van der Waals surface area contributed by atoms with Crippen molar-refractivity contribution in [2.75, 3.05) is 36.0 Å². The quantitative estimate of drug-likeness (QED) is 0.203. The van der Waals surface area contributed by atoms with Crippen LogP contribution in [0.1, 0.15) is 90.2 Å². The Morgan fingerprint density at radius 1 is 0.500 bits per heavy atom. The van der Waals surface area contributed by atoms with E-state index in [1.54, 1.807) is 0 Å². The number of nitrogens with one attached hydrogen (secondary N) is 4. The van der Waals surface area contributed by atoms with Crippen LogP contribution in [0.25, 0.3) is 0 Å². The maximum Gasteiger partial charge on any atom is 0.319 e. The Morgan fingerprint density at radius 2 is 0.775 bits per heavy atom. The maximum absolute atomic E-state index is 12.9. The van der Waals surface area contributed by atoms with Crippen molar-refractivity contribution in [2.45, 2.75) is 90.4 Å². The summed E-state index contributed by atoms with van der Waals surface area (Å²) in [6.45, 7) is 12.9. The number of hydrogen-bond acceptors (Lipinski definition) is 4. The molecular weight excluding hydrogens is 500 g/mol. The maximum atomic E-state index is 12.9. The van der Waals surface area contributed by atoms with Gasteiger partial charge in [-0.2, -0.15) is 0 Å². The van der Waals surface area contributed by atoms with Gasteiger partial charge in [0.15, 0.2) is 11.3 Å². The second-order valence-corrected chi connectivity index (χ2v) is 11.1. The molecule has 2 aliphatic heterocycles. The molecule has 0 saturated carbocycles. The highest BCUT2D eigenvalue weighted by atomic mass is 16.2. The fourth-order valence-electron chi connectivity index (χ4n) is 5.88. The zero-order chi connectivity index (χ0) is 28.6. The van der Waals surface area contributed by atoms with Gasteiger partial charge in [-0.25, -0.2) is 9.59 Å². The second-order valence-electron chi connectivity index (χ2n) is 11.1. The molecule has 2 aromatic rings. The molecule has 0 atom stereocenters. The third kappa shape index (κ3) is 5.86. The van der Waals surface area contributed by atoms with Crippen LogP contribution >= 0.6 is 0 Å². The summed E-state index contributed by atoms with van der Waals surface area (Å²) >= 11 is 0. The molecule has 8 heteroatoms. The molecule has 2 aromatic carbocycles. The van der Waals surface area contributed by atoms with Crippen LogP contribution in [0.2, 0.25) is 0 Å². The van der Waals surface area contributed by atoms with Crippen molar-refractivity contribution in [3.63, 3.8) is 0 Å². The van der Waals surface area contributed by atoms with Crippen molar-refractivity contribution >= 4 is 23.4 Å². The van der Waals surface area contributed by atoms with Gasteiger partial charge in [-0.05, 0) is 49.9 Å². The van der Waals surface area contributed by atoms with Gasteiger partial charge in [-0.3, -0.25) is 0 Å². The number of carbonyl (C=O) groups excluding carboxylic acids is 2. The number of urea groups is 2. The molecule has 2 saturated heterocycles. The van der Waals surface area contributed by atoms with E-state index in [0.29, 0.717) is 0 Å². The molecular formula is C32H48N6O2. The monoisotopic (exact) mass is 548 g/mol. The molecule has 4 N–H and O–H groups in total. The normalized spacial score (nSPS) is 21.3. The van der Waals surface area contributed by atoms with E-state index < -0.39 is 11.3 Å². The number of rotatable bonds is 16. The van der Waals surface area contributed by atoms with Gasteiger partial charge in [0.05, 0.1) is 0 Å². The summed E-state index contributed by atoms with van der Waals surface area (Å²) in [6.07, 6.45) is 9.16. The van der Waals surface area contributed by atoms with E-state index >= 15 is 0 Å². The highest BCUT2D eigenvalue weighted by Gasteiger charge is 2.66. The van der Waals surface area contributed by atoms with Crippen molar-refractivity contribution in [3.05, 3.63) is 59.7 Å². The lowest BCUT2D eigenvalue weighted by atomic mass is 9.83. The van der Waals surface area contributed by atoms with Crippen LogP contribution in [0.3, 0.4) is 0 Å². The first-order chi connectivity index (χ1) is 19.4. The standard InChI is InChI=1S/C32H48N6O2/c1-5-9-21-37(22-10-6-2)27-17-13-25(14-18-27)31-32(35-29(39)33-31,36-30(40)34-31)26-15-19-28(20-16-26)38(23-11-7-3)24-12-8-4/h13-20H,5-12,21-24H2,1-4H3,(H2,33,35,39)(H2,34,36,40). The number of nitrogens with zero attached hydrogens (tertiary/aromatic N) is 2. The van der Waals surface area contributed by atoms with Gasteiger partial charge in [-0.15, -0.1) is 0 Å². The predicted molar refractivity (Wildman–Crippen MR) is 164 cm³/mol. The molecule has 8 nitrogen and oxygen atoms in total. The molecule has 4 amide bonds. The van der Waals surface area contributed by atoms with Gasteiger partial charge in [0, 0.05) is 48.7 Å². The Labute approximate surface area is 240 Å². The summed E-state index contributed by atoms with van der Waals surface area (Å²) in [7, 11) is 0. The van der Waals surface area contributed by atoms with E-state index in [0.717, 1.165) is 100 Å². The Kier molecular flexibility index (Phi) is 9.82. The van der Waals surface area contributed by atoms with Crippen molar-refractivity contribution < 1.29 is 9.59 Å². The molecule has 2 heterocycles. The van der Waals surface area contributed by atoms with Crippen molar-refractivity contribution in [3.8, 4) is 0 Å². The van der Waals surface area contributed by atoms with Gasteiger partial charge < -0.3 is 31.1 Å². The van der Waals surface area contributed by atoms with Crippen LogP contribution in [0.5, 0.6) is 0 Å². The van der Waals surface area contributed by atoms with Gasteiger partial charge in [0.25, 0.3) is 0 Å². The van der Waals surface area contributed by atoms with E-state index in [1.165, 1.54) is 0 Å². The van der Waals surface area contributed by atoms with Crippen LogP contribution < -0.4 is 31.1 Å². The first-order valence-electron chi connectivity index (χ1n) is 15.3. The Bertz CT molecular complexity index is 996. The molecule has 0 spiro atoms. The summed E-state index contributed by atoms with van der Waals surface area (Å²) in [6, 6.07) is 15.9. The fraction of sp³-hybridized carbons (Fsp3) is 0.562. The summed E-state index contributed by atoms with van der Waals surface area (Å²) in [5.74, 6) is 0. The third-order valence-electron chi connectivity index (χ3n) is 8.22. The zero-order valence-electron chi connectivity index (χ0n) is 24.8. The zero-order valence-corrected chi connectivity index (χ0v) is 24.8. The highest BCUT2D eigenvalue weighted by Crippen LogP contribution is 2.44. The number of anilines is 2. The summed E-state index contributed by atoms with van der Waals surface area (Å²) in [4.78, 5) is 30.7. The Balaban J connectivity index is 1.67. The van der Waals surface area contributed by atoms with Gasteiger partial charge >= 0.3 is 12.1 Å². The first kappa shape index (κ1) is 29.6. The van der Waals surface area contributed by atoms with E-state index in [4.69, 9.17) is 0 Å². The first-order valence-corrected chi connectivity index (χ1v) is 15.3. The third-order valence-corrected chi connectivity index (χ3v) is 8.22. The minimum atomic E-state index is -1.16. The molecule has 0 aliphatic carbocycles.